The molecule has 3 aromatic carbocycles. The number of rotatable bonds is 4. The van der Waals surface area contributed by atoms with Gasteiger partial charge in [-0.3, -0.25) is 4.79 Å². The lowest BCUT2D eigenvalue weighted by Crippen LogP contribution is -2.11. The Hall–Kier alpha value is -2.06. The molecule has 0 radical (unpaired) electrons. The predicted octanol–water partition coefficient (Wildman–Crippen LogP) is 6.11. The SMILES string of the molecule is CC(C)(C)c1ccc(C(=O)CSc2cccc3ccccc23)cc1. The van der Waals surface area contributed by atoms with Crippen LogP contribution in [0.3, 0.4) is 0 Å². The van der Waals surface area contributed by atoms with Crippen molar-refractivity contribution in [3.8, 4) is 0 Å². The highest BCUT2D eigenvalue weighted by Crippen LogP contribution is 2.28. The Morgan fingerprint density at radius 2 is 1.54 bits per heavy atom. The molecule has 3 rings (SSSR count). The molecule has 0 saturated carbocycles. The van der Waals surface area contributed by atoms with E-state index in [1.807, 2.05) is 30.3 Å². The first-order valence-corrected chi connectivity index (χ1v) is 9.18. The number of ketones is 1. The molecule has 0 fully saturated rings. The Kier molecular flexibility index (Phi) is 4.77. The van der Waals surface area contributed by atoms with Gasteiger partial charge in [-0.2, -0.15) is 0 Å². The maximum Gasteiger partial charge on any atom is 0.173 e. The van der Waals surface area contributed by atoms with Crippen molar-refractivity contribution in [1.82, 2.24) is 0 Å². The number of carbonyl (C=O) groups excluding carboxylic acids is 1. The molecule has 0 heterocycles. The Morgan fingerprint density at radius 3 is 2.25 bits per heavy atom. The summed E-state index contributed by atoms with van der Waals surface area (Å²) in [7, 11) is 0. The fourth-order valence-corrected chi connectivity index (χ4v) is 3.67. The van der Waals surface area contributed by atoms with E-state index in [4.69, 9.17) is 0 Å². The monoisotopic (exact) mass is 334 g/mol. The van der Waals surface area contributed by atoms with Crippen LogP contribution in [0.4, 0.5) is 0 Å². The fraction of sp³-hybridized carbons (Fsp3) is 0.227. The maximum atomic E-state index is 12.5. The van der Waals surface area contributed by atoms with Crippen LogP contribution < -0.4 is 0 Å². The summed E-state index contributed by atoms with van der Waals surface area (Å²) in [5.41, 5.74) is 2.15. The topological polar surface area (TPSA) is 17.1 Å². The second-order valence-electron chi connectivity index (χ2n) is 7.02. The van der Waals surface area contributed by atoms with Gasteiger partial charge in [-0.05, 0) is 27.8 Å². The largest absolute Gasteiger partial charge is 0.293 e. The van der Waals surface area contributed by atoms with Gasteiger partial charge in [-0.15, -0.1) is 11.8 Å². The summed E-state index contributed by atoms with van der Waals surface area (Å²) in [6.07, 6.45) is 0. The van der Waals surface area contributed by atoms with Crippen LogP contribution in [0.1, 0.15) is 36.7 Å². The zero-order valence-electron chi connectivity index (χ0n) is 14.4. The van der Waals surface area contributed by atoms with Gasteiger partial charge < -0.3 is 0 Å². The highest BCUT2D eigenvalue weighted by Gasteiger charge is 2.14. The number of thioether (sulfide) groups is 1. The van der Waals surface area contributed by atoms with Gasteiger partial charge in [0, 0.05) is 10.5 Å². The molecule has 0 unspecified atom stereocenters. The minimum atomic E-state index is 0.110. The van der Waals surface area contributed by atoms with E-state index >= 15 is 0 Å². The van der Waals surface area contributed by atoms with Crippen LogP contribution in [0.25, 0.3) is 10.8 Å². The van der Waals surface area contributed by atoms with Gasteiger partial charge in [0.15, 0.2) is 5.78 Å². The van der Waals surface area contributed by atoms with Gasteiger partial charge in [0.2, 0.25) is 0 Å². The molecule has 3 aromatic rings. The molecule has 0 aliphatic carbocycles. The molecular weight excluding hydrogens is 312 g/mol. The van der Waals surface area contributed by atoms with Crippen LogP contribution in [0.2, 0.25) is 0 Å². The number of hydrogen-bond donors (Lipinski definition) is 0. The number of carbonyl (C=O) groups is 1. The number of benzene rings is 3. The van der Waals surface area contributed by atoms with Crippen molar-refractivity contribution in [3.63, 3.8) is 0 Å². The van der Waals surface area contributed by atoms with Crippen molar-refractivity contribution in [2.75, 3.05) is 5.75 Å². The first kappa shape index (κ1) is 16.8. The first-order valence-electron chi connectivity index (χ1n) is 8.19. The van der Waals surface area contributed by atoms with E-state index in [2.05, 4.69) is 57.2 Å². The van der Waals surface area contributed by atoms with E-state index in [-0.39, 0.29) is 11.2 Å². The van der Waals surface area contributed by atoms with E-state index in [1.54, 1.807) is 11.8 Å². The van der Waals surface area contributed by atoms with Crippen LogP contribution in [0.5, 0.6) is 0 Å². The van der Waals surface area contributed by atoms with E-state index in [1.165, 1.54) is 16.3 Å². The van der Waals surface area contributed by atoms with E-state index in [9.17, 15) is 4.79 Å². The fourth-order valence-electron chi connectivity index (χ4n) is 2.70. The van der Waals surface area contributed by atoms with Gasteiger partial charge in [-0.1, -0.05) is 81.4 Å². The standard InChI is InChI=1S/C22H22OS/c1-22(2,3)18-13-11-17(12-14-18)20(23)15-24-21-10-6-8-16-7-4-5-9-19(16)21/h4-14H,15H2,1-3H3. The smallest absolute Gasteiger partial charge is 0.173 e. The quantitative estimate of drug-likeness (QED) is 0.423. The highest BCUT2D eigenvalue weighted by molar-refractivity contribution is 8.00. The average Bonchev–Trinajstić information content (AvgIpc) is 2.59. The summed E-state index contributed by atoms with van der Waals surface area (Å²) < 4.78 is 0. The minimum absolute atomic E-state index is 0.110. The van der Waals surface area contributed by atoms with Crippen molar-refractivity contribution in [1.29, 1.82) is 0 Å². The molecule has 0 amide bonds. The second-order valence-corrected chi connectivity index (χ2v) is 8.03. The van der Waals surface area contributed by atoms with Crippen LogP contribution >= 0.6 is 11.8 Å². The molecule has 0 aliphatic rings. The van der Waals surface area contributed by atoms with Crippen molar-refractivity contribution in [2.45, 2.75) is 31.1 Å². The molecule has 0 spiro atoms. The van der Waals surface area contributed by atoms with Crippen LogP contribution in [-0.2, 0) is 5.41 Å². The number of Topliss-reactive ketones (excluding diaryl/α,β-unsaturated/α-hetero) is 1. The Balaban J connectivity index is 1.73. The molecule has 0 atom stereocenters. The third-order valence-electron chi connectivity index (χ3n) is 4.18. The predicted molar refractivity (Wildman–Crippen MR) is 104 cm³/mol. The normalized spacial score (nSPS) is 11.6. The lowest BCUT2D eigenvalue weighted by atomic mass is 9.86. The third kappa shape index (κ3) is 3.70. The van der Waals surface area contributed by atoms with Crippen molar-refractivity contribution < 1.29 is 4.79 Å². The number of hydrogen-bond acceptors (Lipinski definition) is 2. The van der Waals surface area contributed by atoms with Gasteiger partial charge >= 0.3 is 0 Å². The molecule has 0 bridgehead atoms. The summed E-state index contributed by atoms with van der Waals surface area (Å²) in [6, 6.07) is 22.6. The summed E-state index contributed by atoms with van der Waals surface area (Å²) in [6.45, 7) is 6.54. The Bertz CT molecular complexity index is 852. The van der Waals surface area contributed by atoms with E-state index < -0.39 is 0 Å². The molecule has 24 heavy (non-hydrogen) atoms. The summed E-state index contributed by atoms with van der Waals surface area (Å²) in [5, 5.41) is 2.42. The molecule has 0 saturated heterocycles. The summed E-state index contributed by atoms with van der Waals surface area (Å²) in [5.74, 6) is 0.636. The molecular formula is C22H22OS. The Labute approximate surface area is 148 Å². The zero-order valence-corrected chi connectivity index (χ0v) is 15.2. The third-order valence-corrected chi connectivity index (χ3v) is 5.25. The average molecular weight is 334 g/mol. The lowest BCUT2D eigenvalue weighted by molar-refractivity contribution is 0.102. The molecule has 1 nitrogen and oxygen atoms in total. The highest BCUT2D eigenvalue weighted by atomic mass is 32.2. The van der Waals surface area contributed by atoms with Crippen LogP contribution in [0.15, 0.2) is 71.6 Å². The van der Waals surface area contributed by atoms with Crippen molar-refractivity contribution >= 4 is 28.3 Å². The van der Waals surface area contributed by atoms with E-state index in [0.29, 0.717) is 5.75 Å². The molecule has 0 aliphatic heterocycles. The minimum Gasteiger partial charge on any atom is -0.293 e. The molecule has 0 N–H and O–H groups in total. The first-order chi connectivity index (χ1) is 11.4. The second kappa shape index (κ2) is 6.82. The summed E-state index contributed by atoms with van der Waals surface area (Å²) in [4.78, 5) is 13.7. The maximum absolute atomic E-state index is 12.5. The van der Waals surface area contributed by atoms with Gasteiger partial charge in [-0.25, -0.2) is 0 Å². The number of fused-ring (bicyclic) bond motifs is 1. The summed E-state index contributed by atoms with van der Waals surface area (Å²) >= 11 is 1.61. The van der Waals surface area contributed by atoms with Crippen molar-refractivity contribution in [2.24, 2.45) is 0 Å². The van der Waals surface area contributed by atoms with Crippen molar-refractivity contribution in [3.05, 3.63) is 77.9 Å². The Morgan fingerprint density at radius 1 is 0.875 bits per heavy atom. The molecule has 122 valence electrons. The zero-order chi connectivity index (χ0) is 17.2. The van der Waals surface area contributed by atoms with Gasteiger partial charge in [0.1, 0.15) is 0 Å². The van der Waals surface area contributed by atoms with Gasteiger partial charge in [0.25, 0.3) is 0 Å². The lowest BCUT2D eigenvalue weighted by Gasteiger charge is -2.19. The van der Waals surface area contributed by atoms with Crippen LogP contribution in [-0.4, -0.2) is 11.5 Å². The van der Waals surface area contributed by atoms with E-state index in [0.717, 1.165) is 10.5 Å². The molecule has 0 aromatic heterocycles. The molecule has 2 heteroatoms. The van der Waals surface area contributed by atoms with Crippen LogP contribution in [0, 0.1) is 0 Å². The van der Waals surface area contributed by atoms with Gasteiger partial charge in [0.05, 0.1) is 5.75 Å².